The minimum atomic E-state index is -0.449. The van der Waals surface area contributed by atoms with E-state index in [1.807, 2.05) is 18.2 Å². The second-order valence-electron chi connectivity index (χ2n) is 4.67. The lowest BCUT2D eigenvalue weighted by Crippen LogP contribution is -2.24. The lowest BCUT2D eigenvalue weighted by atomic mass is 10.1. The predicted molar refractivity (Wildman–Crippen MR) is 84.1 cm³/mol. The summed E-state index contributed by atoms with van der Waals surface area (Å²) < 4.78 is 6.56. The number of aromatic nitrogens is 4. The van der Waals surface area contributed by atoms with Crippen molar-refractivity contribution in [3.8, 4) is 11.3 Å². The van der Waals surface area contributed by atoms with Gasteiger partial charge in [-0.2, -0.15) is 4.98 Å². The molecule has 23 heavy (non-hydrogen) atoms. The topological polar surface area (TPSA) is 85.8 Å². The summed E-state index contributed by atoms with van der Waals surface area (Å²) >= 11 is 11.8. The van der Waals surface area contributed by atoms with Crippen molar-refractivity contribution in [3.63, 3.8) is 0 Å². The standard InChI is InChI=1S/C14H11Cl2N5O2/c1-21-14(16)18-12(19-21)13(22)17-7-8-6-11(23-20-8)9-4-2-3-5-10(9)15/h2-6H,7H2,1H3,(H,17,22). The fourth-order valence-corrected chi connectivity index (χ4v) is 2.24. The van der Waals surface area contributed by atoms with Gasteiger partial charge in [0.05, 0.1) is 11.6 Å². The normalized spacial score (nSPS) is 10.7. The van der Waals surface area contributed by atoms with E-state index in [-0.39, 0.29) is 17.7 Å². The molecule has 7 nitrogen and oxygen atoms in total. The fourth-order valence-electron chi connectivity index (χ4n) is 1.89. The molecule has 0 aliphatic rings. The number of aryl methyl sites for hydroxylation is 1. The second kappa shape index (κ2) is 6.39. The van der Waals surface area contributed by atoms with Gasteiger partial charge in [-0.15, -0.1) is 5.10 Å². The largest absolute Gasteiger partial charge is 0.356 e. The van der Waals surface area contributed by atoms with Crippen LogP contribution in [0, 0.1) is 0 Å². The van der Waals surface area contributed by atoms with Crippen molar-refractivity contribution in [1.82, 2.24) is 25.2 Å². The highest BCUT2D eigenvalue weighted by molar-refractivity contribution is 6.33. The van der Waals surface area contributed by atoms with E-state index in [4.69, 9.17) is 27.7 Å². The molecule has 0 saturated heterocycles. The van der Waals surface area contributed by atoms with Crippen molar-refractivity contribution in [2.24, 2.45) is 7.05 Å². The van der Waals surface area contributed by atoms with Crippen molar-refractivity contribution in [1.29, 1.82) is 0 Å². The van der Waals surface area contributed by atoms with Gasteiger partial charge in [-0.05, 0) is 23.7 Å². The van der Waals surface area contributed by atoms with Crippen molar-refractivity contribution >= 4 is 29.1 Å². The van der Waals surface area contributed by atoms with E-state index in [0.29, 0.717) is 16.5 Å². The lowest BCUT2D eigenvalue weighted by Gasteiger charge is -1.98. The Labute approximate surface area is 141 Å². The average molecular weight is 352 g/mol. The van der Waals surface area contributed by atoms with Crippen molar-refractivity contribution in [2.45, 2.75) is 6.54 Å². The molecule has 1 amide bonds. The van der Waals surface area contributed by atoms with E-state index < -0.39 is 5.91 Å². The van der Waals surface area contributed by atoms with Gasteiger partial charge in [0, 0.05) is 18.7 Å². The fraction of sp³-hybridized carbons (Fsp3) is 0.143. The Morgan fingerprint density at radius 1 is 1.35 bits per heavy atom. The molecule has 0 atom stereocenters. The molecule has 9 heteroatoms. The number of nitrogens with one attached hydrogen (secondary N) is 1. The van der Waals surface area contributed by atoms with Crippen LogP contribution >= 0.6 is 23.2 Å². The maximum Gasteiger partial charge on any atom is 0.291 e. The molecule has 0 saturated carbocycles. The number of amides is 1. The van der Waals surface area contributed by atoms with Gasteiger partial charge in [0.15, 0.2) is 5.76 Å². The monoisotopic (exact) mass is 351 g/mol. The highest BCUT2D eigenvalue weighted by Gasteiger charge is 2.15. The molecule has 0 aliphatic heterocycles. The van der Waals surface area contributed by atoms with Crippen molar-refractivity contribution in [3.05, 3.63) is 52.2 Å². The molecule has 0 radical (unpaired) electrons. The molecular weight excluding hydrogens is 341 g/mol. The zero-order chi connectivity index (χ0) is 16.4. The van der Waals surface area contributed by atoms with Crippen LogP contribution in [-0.2, 0) is 13.6 Å². The van der Waals surface area contributed by atoms with Crippen LogP contribution in [0.4, 0.5) is 0 Å². The van der Waals surface area contributed by atoms with Crippen molar-refractivity contribution in [2.75, 3.05) is 0 Å². The minimum absolute atomic E-state index is 0.00711. The first-order valence-corrected chi connectivity index (χ1v) is 7.35. The first-order valence-electron chi connectivity index (χ1n) is 6.60. The Kier molecular flexibility index (Phi) is 4.31. The Hall–Kier alpha value is -2.38. The third kappa shape index (κ3) is 3.35. The number of carbonyl (C=O) groups excluding carboxylic acids is 1. The summed E-state index contributed by atoms with van der Waals surface area (Å²) in [6.45, 7) is 0.169. The lowest BCUT2D eigenvalue weighted by molar-refractivity contribution is 0.0939. The zero-order valence-electron chi connectivity index (χ0n) is 12.0. The number of carbonyl (C=O) groups is 1. The van der Waals surface area contributed by atoms with Gasteiger partial charge in [-0.3, -0.25) is 4.79 Å². The Bertz CT molecular complexity index is 839. The quantitative estimate of drug-likeness (QED) is 0.780. The number of hydrogen-bond donors (Lipinski definition) is 1. The van der Waals surface area contributed by atoms with Crippen LogP contribution in [0.2, 0.25) is 10.3 Å². The van der Waals surface area contributed by atoms with Crippen LogP contribution in [0.1, 0.15) is 16.3 Å². The Morgan fingerprint density at radius 2 is 2.13 bits per heavy atom. The molecule has 0 fully saturated rings. The summed E-state index contributed by atoms with van der Waals surface area (Å²) in [5, 5.41) is 11.1. The third-order valence-corrected chi connectivity index (χ3v) is 3.70. The van der Waals surface area contributed by atoms with Crippen LogP contribution in [0.15, 0.2) is 34.9 Å². The van der Waals surface area contributed by atoms with E-state index in [2.05, 4.69) is 20.6 Å². The van der Waals surface area contributed by atoms with Crippen LogP contribution in [0.5, 0.6) is 0 Å². The van der Waals surface area contributed by atoms with Gasteiger partial charge in [-0.25, -0.2) is 4.68 Å². The number of nitrogens with zero attached hydrogens (tertiary/aromatic N) is 4. The summed E-state index contributed by atoms with van der Waals surface area (Å²) in [5.41, 5.74) is 1.28. The first kappa shape index (κ1) is 15.5. The smallest absolute Gasteiger partial charge is 0.291 e. The first-order chi connectivity index (χ1) is 11.0. The number of hydrogen-bond acceptors (Lipinski definition) is 5. The zero-order valence-corrected chi connectivity index (χ0v) is 13.5. The van der Waals surface area contributed by atoms with Gasteiger partial charge >= 0.3 is 0 Å². The number of halogens is 2. The van der Waals surface area contributed by atoms with Crippen LogP contribution in [0.25, 0.3) is 11.3 Å². The van der Waals surface area contributed by atoms with E-state index in [0.717, 1.165) is 5.56 Å². The molecule has 2 aromatic heterocycles. The Morgan fingerprint density at radius 3 is 2.83 bits per heavy atom. The van der Waals surface area contributed by atoms with E-state index in [1.165, 1.54) is 4.68 Å². The van der Waals surface area contributed by atoms with Gasteiger partial charge in [0.2, 0.25) is 11.1 Å². The van der Waals surface area contributed by atoms with Gasteiger partial charge < -0.3 is 9.84 Å². The molecule has 3 rings (SSSR count). The summed E-state index contributed by atoms with van der Waals surface area (Å²) in [6.07, 6.45) is 0. The molecule has 0 spiro atoms. The molecule has 0 bridgehead atoms. The molecular formula is C14H11Cl2N5O2. The highest BCUT2D eigenvalue weighted by atomic mass is 35.5. The summed E-state index contributed by atoms with van der Waals surface area (Å²) in [6, 6.07) is 8.97. The number of rotatable bonds is 4. The molecule has 0 unspecified atom stereocenters. The van der Waals surface area contributed by atoms with E-state index >= 15 is 0 Å². The van der Waals surface area contributed by atoms with Gasteiger partial charge in [0.1, 0.15) is 5.69 Å². The molecule has 1 aromatic carbocycles. The summed E-state index contributed by atoms with van der Waals surface area (Å²) in [4.78, 5) is 15.8. The van der Waals surface area contributed by atoms with Crippen molar-refractivity contribution < 1.29 is 9.32 Å². The second-order valence-corrected chi connectivity index (χ2v) is 5.42. The SMILES string of the molecule is Cn1nc(C(=O)NCc2cc(-c3ccccc3Cl)on2)nc1Cl. The molecule has 2 heterocycles. The minimum Gasteiger partial charge on any atom is -0.356 e. The average Bonchev–Trinajstić information content (AvgIpc) is 3.13. The Balaban J connectivity index is 1.68. The van der Waals surface area contributed by atoms with Crippen LogP contribution in [0.3, 0.4) is 0 Å². The maximum absolute atomic E-state index is 11.9. The van der Waals surface area contributed by atoms with E-state index in [9.17, 15) is 4.79 Å². The molecule has 0 aliphatic carbocycles. The highest BCUT2D eigenvalue weighted by Crippen LogP contribution is 2.27. The molecule has 1 N–H and O–H groups in total. The molecule has 118 valence electrons. The van der Waals surface area contributed by atoms with Gasteiger partial charge in [0.25, 0.3) is 5.91 Å². The van der Waals surface area contributed by atoms with Crippen LogP contribution < -0.4 is 5.32 Å². The predicted octanol–water partition coefficient (Wildman–Crippen LogP) is 2.71. The van der Waals surface area contributed by atoms with E-state index in [1.54, 1.807) is 19.2 Å². The summed E-state index contributed by atoms with van der Waals surface area (Å²) in [5.74, 6) is 0.0703. The maximum atomic E-state index is 11.9. The molecule has 3 aromatic rings. The van der Waals surface area contributed by atoms with Crippen LogP contribution in [-0.4, -0.2) is 25.8 Å². The summed E-state index contributed by atoms with van der Waals surface area (Å²) in [7, 11) is 1.60. The number of benzene rings is 1. The third-order valence-electron chi connectivity index (χ3n) is 3.04. The van der Waals surface area contributed by atoms with Gasteiger partial charge in [-0.1, -0.05) is 28.9 Å².